The SMILES string of the molecule is COc1ccc2c(c1)C(=O)C1(Cc3ccccc3C1)C2. The predicted octanol–water partition coefficient (Wildman–Crippen LogP) is 3.22. The van der Waals surface area contributed by atoms with E-state index in [9.17, 15) is 4.79 Å². The Balaban J connectivity index is 1.76. The van der Waals surface area contributed by atoms with Crippen molar-refractivity contribution in [1.82, 2.24) is 0 Å². The Kier molecular flexibility index (Phi) is 2.31. The van der Waals surface area contributed by atoms with E-state index in [1.165, 1.54) is 16.7 Å². The monoisotopic (exact) mass is 264 g/mol. The molecule has 2 heteroatoms. The van der Waals surface area contributed by atoms with E-state index >= 15 is 0 Å². The normalized spacial score (nSPS) is 18.1. The molecule has 0 aliphatic heterocycles. The van der Waals surface area contributed by atoms with Crippen molar-refractivity contribution in [2.45, 2.75) is 19.3 Å². The van der Waals surface area contributed by atoms with Gasteiger partial charge in [-0.05, 0) is 48.1 Å². The van der Waals surface area contributed by atoms with Crippen LogP contribution in [0.2, 0.25) is 0 Å². The van der Waals surface area contributed by atoms with Gasteiger partial charge in [0.25, 0.3) is 0 Å². The van der Waals surface area contributed by atoms with Crippen LogP contribution in [0.25, 0.3) is 0 Å². The number of hydrogen-bond acceptors (Lipinski definition) is 2. The molecule has 2 nitrogen and oxygen atoms in total. The zero-order valence-electron chi connectivity index (χ0n) is 11.5. The fourth-order valence-corrected chi connectivity index (χ4v) is 3.76. The highest BCUT2D eigenvalue weighted by Gasteiger charge is 2.48. The number of methoxy groups -OCH3 is 1. The van der Waals surface area contributed by atoms with Gasteiger partial charge >= 0.3 is 0 Å². The average molecular weight is 264 g/mol. The van der Waals surface area contributed by atoms with Gasteiger partial charge in [0.15, 0.2) is 5.78 Å². The minimum Gasteiger partial charge on any atom is -0.497 e. The molecule has 4 rings (SSSR count). The van der Waals surface area contributed by atoms with Crippen LogP contribution >= 0.6 is 0 Å². The number of Topliss-reactive ketones (excluding diaryl/α,β-unsaturated/α-hetero) is 1. The number of ketones is 1. The van der Waals surface area contributed by atoms with Crippen molar-refractivity contribution >= 4 is 5.78 Å². The van der Waals surface area contributed by atoms with Gasteiger partial charge in [-0.1, -0.05) is 30.3 Å². The van der Waals surface area contributed by atoms with Gasteiger partial charge in [0.1, 0.15) is 5.75 Å². The number of fused-ring (bicyclic) bond motifs is 2. The van der Waals surface area contributed by atoms with E-state index in [1.807, 2.05) is 18.2 Å². The van der Waals surface area contributed by atoms with Crippen molar-refractivity contribution in [1.29, 1.82) is 0 Å². The van der Waals surface area contributed by atoms with Crippen molar-refractivity contribution in [3.05, 3.63) is 64.7 Å². The minimum atomic E-state index is -0.238. The smallest absolute Gasteiger partial charge is 0.170 e. The van der Waals surface area contributed by atoms with Gasteiger partial charge in [-0.25, -0.2) is 0 Å². The zero-order chi connectivity index (χ0) is 13.7. The van der Waals surface area contributed by atoms with Gasteiger partial charge in [0.05, 0.1) is 7.11 Å². The van der Waals surface area contributed by atoms with Gasteiger partial charge in [0.2, 0.25) is 0 Å². The first-order chi connectivity index (χ1) is 9.72. The number of carbonyl (C=O) groups excluding carboxylic acids is 1. The second-order valence-corrected chi connectivity index (χ2v) is 5.93. The number of rotatable bonds is 1. The maximum atomic E-state index is 12.9. The second-order valence-electron chi connectivity index (χ2n) is 5.93. The van der Waals surface area contributed by atoms with Gasteiger partial charge < -0.3 is 4.74 Å². The molecular weight excluding hydrogens is 248 g/mol. The molecule has 100 valence electrons. The predicted molar refractivity (Wildman–Crippen MR) is 77.3 cm³/mol. The number of ether oxygens (including phenoxy) is 1. The average Bonchev–Trinajstić information content (AvgIpc) is 2.97. The van der Waals surface area contributed by atoms with Crippen LogP contribution in [0.5, 0.6) is 5.75 Å². The van der Waals surface area contributed by atoms with Crippen LogP contribution in [-0.4, -0.2) is 12.9 Å². The molecular formula is C18H16O2. The highest BCUT2D eigenvalue weighted by molar-refractivity contribution is 6.06. The molecule has 2 aliphatic rings. The number of carbonyl (C=O) groups is 1. The molecule has 0 saturated carbocycles. The standard InChI is InChI=1S/C18H16O2/c1-20-15-7-6-14-11-18(17(19)16(14)8-15)9-12-4-2-3-5-13(12)10-18/h2-8H,9-11H2,1H3. The van der Waals surface area contributed by atoms with Crippen molar-refractivity contribution in [3.8, 4) is 5.75 Å². The van der Waals surface area contributed by atoms with Gasteiger partial charge in [-0.3, -0.25) is 4.79 Å². The van der Waals surface area contributed by atoms with Gasteiger partial charge in [-0.15, -0.1) is 0 Å². The molecule has 0 heterocycles. The molecule has 2 aromatic rings. The molecule has 0 aromatic heterocycles. The lowest BCUT2D eigenvalue weighted by molar-refractivity contribution is 0.0831. The van der Waals surface area contributed by atoms with Crippen molar-refractivity contribution in [2.75, 3.05) is 7.11 Å². The molecule has 0 fully saturated rings. The molecule has 2 aliphatic carbocycles. The number of hydrogen-bond donors (Lipinski definition) is 0. The topological polar surface area (TPSA) is 26.3 Å². The van der Waals surface area contributed by atoms with Crippen LogP contribution in [0.15, 0.2) is 42.5 Å². The number of benzene rings is 2. The van der Waals surface area contributed by atoms with E-state index in [0.717, 1.165) is 30.6 Å². The van der Waals surface area contributed by atoms with E-state index in [0.29, 0.717) is 5.78 Å². The summed E-state index contributed by atoms with van der Waals surface area (Å²) in [5.41, 5.74) is 4.46. The lowest BCUT2D eigenvalue weighted by Crippen LogP contribution is -2.28. The van der Waals surface area contributed by atoms with Gasteiger partial charge in [-0.2, -0.15) is 0 Å². The Morgan fingerprint density at radius 2 is 1.60 bits per heavy atom. The molecule has 0 radical (unpaired) electrons. The highest BCUT2D eigenvalue weighted by atomic mass is 16.5. The van der Waals surface area contributed by atoms with E-state index in [4.69, 9.17) is 4.74 Å². The van der Waals surface area contributed by atoms with Crippen molar-refractivity contribution in [2.24, 2.45) is 5.41 Å². The lowest BCUT2D eigenvalue weighted by atomic mass is 9.81. The molecule has 1 spiro atoms. The van der Waals surface area contributed by atoms with Crippen molar-refractivity contribution in [3.63, 3.8) is 0 Å². The van der Waals surface area contributed by atoms with E-state index in [1.54, 1.807) is 7.11 Å². The van der Waals surface area contributed by atoms with Crippen molar-refractivity contribution < 1.29 is 9.53 Å². The third-order valence-electron chi connectivity index (χ3n) is 4.75. The third-order valence-corrected chi connectivity index (χ3v) is 4.75. The largest absolute Gasteiger partial charge is 0.497 e. The summed E-state index contributed by atoms with van der Waals surface area (Å²) in [4.78, 5) is 12.9. The van der Waals surface area contributed by atoms with E-state index < -0.39 is 0 Å². The summed E-state index contributed by atoms with van der Waals surface area (Å²) in [6.45, 7) is 0. The maximum absolute atomic E-state index is 12.9. The molecule has 2 aromatic carbocycles. The minimum absolute atomic E-state index is 0.238. The fraction of sp³-hybridized carbons (Fsp3) is 0.278. The molecule has 0 saturated heterocycles. The quantitative estimate of drug-likeness (QED) is 0.790. The zero-order valence-corrected chi connectivity index (χ0v) is 11.5. The Morgan fingerprint density at radius 3 is 2.25 bits per heavy atom. The van der Waals surface area contributed by atoms with Gasteiger partial charge in [0, 0.05) is 11.0 Å². The van der Waals surface area contributed by atoms with Crippen LogP contribution in [0.4, 0.5) is 0 Å². The molecule has 0 unspecified atom stereocenters. The van der Waals surface area contributed by atoms with E-state index in [2.05, 4.69) is 24.3 Å². The summed E-state index contributed by atoms with van der Waals surface area (Å²) in [6.07, 6.45) is 2.61. The first-order valence-electron chi connectivity index (χ1n) is 7.00. The summed E-state index contributed by atoms with van der Waals surface area (Å²) >= 11 is 0. The Labute approximate surface area is 118 Å². The van der Waals surface area contributed by atoms with Crippen LogP contribution < -0.4 is 4.74 Å². The molecule has 0 bridgehead atoms. The molecule has 0 N–H and O–H groups in total. The van der Waals surface area contributed by atoms with Crippen LogP contribution in [0.3, 0.4) is 0 Å². The third kappa shape index (κ3) is 1.48. The van der Waals surface area contributed by atoms with Crippen LogP contribution in [0, 0.1) is 5.41 Å². The maximum Gasteiger partial charge on any atom is 0.170 e. The Bertz CT molecular complexity index is 690. The summed E-state index contributed by atoms with van der Waals surface area (Å²) in [5, 5.41) is 0. The summed E-state index contributed by atoms with van der Waals surface area (Å²) < 4.78 is 5.25. The second kappa shape index (κ2) is 3.95. The highest BCUT2D eigenvalue weighted by Crippen LogP contribution is 2.47. The summed E-state index contributed by atoms with van der Waals surface area (Å²) in [7, 11) is 1.64. The lowest BCUT2D eigenvalue weighted by Gasteiger charge is -2.20. The summed E-state index contributed by atoms with van der Waals surface area (Å²) in [5.74, 6) is 1.06. The first kappa shape index (κ1) is 11.7. The molecule has 20 heavy (non-hydrogen) atoms. The first-order valence-corrected chi connectivity index (χ1v) is 7.00. The van der Waals surface area contributed by atoms with E-state index in [-0.39, 0.29) is 5.41 Å². The molecule has 0 amide bonds. The van der Waals surface area contributed by atoms with Crippen LogP contribution in [-0.2, 0) is 19.3 Å². The van der Waals surface area contributed by atoms with Crippen LogP contribution in [0.1, 0.15) is 27.0 Å². The molecule has 0 atom stereocenters. The Hall–Kier alpha value is -2.09. The Morgan fingerprint density at radius 1 is 0.950 bits per heavy atom. The fourth-order valence-electron chi connectivity index (χ4n) is 3.76. The summed E-state index contributed by atoms with van der Waals surface area (Å²) in [6, 6.07) is 14.3.